The Labute approximate surface area is 163 Å². The molecule has 2 N–H and O–H groups in total. The molecule has 0 atom stereocenters. The van der Waals surface area contributed by atoms with E-state index < -0.39 is 28.5 Å². The van der Waals surface area contributed by atoms with Crippen molar-refractivity contribution in [1.29, 1.82) is 0 Å². The van der Waals surface area contributed by atoms with E-state index in [2.05, 4.69) is 10.0 Å². The molecule has 1 amide bonds. The number of nitrogens with one attached hydrogen (secondary N) is 2. The first-order chi connectivity index (χ1) is 13.3. The van der Waals surface area contributed by atoms with Crippen LogP contribution in [-0.4, -0.2) is 41.1 Å². The molecule has 2 aromatic carbocycles. The average molecular weight is 406 g/mol. The summed E-state index contributed by atoms with van der Waals surface area (Å²) in [4.78, 5) is 24.0. The Hall–Kier alpha value is -2.91. The number of carbonyl (C=O) groups excluding carboxylic acids is 2. The number of amides is 1. The summed E-state index contributed by atoms with van der Waals surface area (Å²) in [5.74, 6) is -1.25. The summed E-state index contributed by atoms with van der Waals surface area (Å²) in [7, 11) is -1.27. The molecule has 0 aliphatic heterocycles. The number of rotatable bonds is 8. The molecule has 150 valence electrons. The predicted molar refractivity (Wildman–Crippen MR) is 104 cm³/mol. The van der Waals surface area contributed by atoms with Gasteiger partial charge in [-0.05, 0) is 49.4 Å². The molecule has 0 radical (unpaired) electrons. The molecule has 0 aliphatic rings. The second-order valence-corrected chi connectivity index (χ2v) is 7.61. The lowest BCUT2D eigenvalue weighted by atomic mass is 10.1. The van der Waals surface area contributed by atoms with E-state index in [0.717, 1.165) is 18.1 Å². The van der Waals surface area contributed by atoms with Crippen LogP contribution in [0.15, 0.2) is 47.4 Å². The quantitative estimate of drug-likeness (QED) is 0.649. The summed E-state index contributed by atoms with van der Waals surface area (Å²) < 4.78 is 36.3. The molecule has 0 bridgehead atoms. The minimum absolute atomic E-state index is 0.0181. The van der Waals surface area contributed by atoms with Gasteiger partial charge in [0.05, 0.1) is 12.7 Å². The fourth-order valence-corrected chi connectivity index (χ4v) is 3.32. The van der Waals surface area contributed by atoms with Gasteiger partial charge >= 0.3 is 5.97 Å². The number of anilines is 1. The van der Waals surface area contributed by atoms with Gasteiger partial charge in [-0.15, -0.1) is 0 Å². The normalized spacial score (nSPS) is 11.0. The van der Waals surface area contributed by atoms with Gasteiger partial charge in [-0.2, -0.15) is 0 Å². The standard InChI is InChI=1S/C19H22N2O6S/c1-4-13-6-5-7-15(10-13)21-18(22)12-27-19(23)14-8-9-16(26-3)17(11-14)28(24,25)20-2/h5-11,20H,4,12H2,1-3H3,(H,21,22). The van der Waals surface area contributed by atoms with Crippen molar-refractivity contribution in [1.82, 2.24) is 4.72 Å². The van der Waals surface area contributed by atoms with Gasteiger partial charge in [0.1, 0.15) is 10.6 Å². The molecule has 28 heavy (non-hydrogen) atoms. The average Bonchev–Trinajstić information content (AvgIpc) is 2.71. The Morgan fingerprint density at radius 3 is 2.50 bits per heavy atom. The Balaban J connectivity index is 2.06. The van der Waals surface area contributed by atoms with Crippen molar-refractivity contribution in [3.8, 4) is 5.75 Å². The number of hydrogen-bond acceptors (Lipinski definition) is 6. The molecule has 0 saturated carbocycles. The lowest BCUT2D eigenvalue weighted by molar-refractivity contribution is -0.119. The first-order valence-corrected chi connectivity index (χ1v) is 9.96. The zero-order valence-electron chi connectivity index (χ0n) is 15.8. The maximum absolute atomic E-state index is 12.2. The number of sulfonamides is 1. The van der Waals surface area contributed by atoms with Crippen molar-refractivity contribution in [3.63, 3.8) is 0 Å². The number of benzene rings is 2. The van der Waals surface area contributed by atoms with E-state index in [1.54, 1.807) is 6.07 Å². The fourth-order valence-electron chi connectivity index (χ4n) is 2.40. The van der Waals surface area contributed by atoms with Crippen molar-refractivity contribution >= 4 is 27.6 Å². The molecule has 0 aliphatic carbocycles. The SMILES string of the molecule is CCc1cccc(NC(=O)COC(=O)c2ccc(OC)c(S(=O)(=O)NC)c2)c1. The van der Waals surface area contributed by atoms with Crippen LogP contribution in [0, 0.1) is 0 Å². The van der Waals surface area contributed by atoms with Gasteiger partial charge in [0, 0.05) is 5.69 Å². The lowest BCUT2D eigenvalue weighted by Gasteiger charge is -2.11. The van der Waals surface area contributed by atoms with Crippen LogP contribution in [0.5, 0.6) is 5.75 Å². The summed E-state index contributed by atoms with van der Waals surface area (Å²) >= 11 is 0. The van der Waals surface area contributed by atoms with E-state index >= 15 is 0 Å². The van der Waals surface area contributed by atoms with Gasteiger partial charge in [0.15, 0.2) is 6.61 Å². The van der Waals surface area contributed by atoms with Crippen molar-refractivity contribution in [2.45, 2.75) is 18.2 Å². The molecule has 9 heteroatoms. The Bertz CT molecular complexity index is 972. The van der Waals surface area contributed by atoms with Gasteiger partial charge < -0.3 is 14.8 Å². The fraction of sp³-hybridized carbons (Fsp3) is 0.263. The van der Waals surface area contributed by atoms with Crippen molar-refractivity contribution in [3.05, 3.63) is 53.6 Å². The summed E-state index contributed by atoms with van der Waals surface area (Å²) in [6.07, 6.45) is 0.827. The summed E-state index contributed by atoms with van der Waals surface area (Å²) in [6.45, 7) is 1.50. The summed E-state index contributed by atoms with van der Waals surface area (Å²) in [5, 5.41) is 2.64. The van der Waals surface area contributed by atoms with E-state index in [9.17, 15) is 18.0 Å². The van der Waals surface area contributed by atoms with Gasteiger partial charge in [-0.1, -0.05) is 19.1 Å². The van der Waals surface area contributed by atoms with Gasteiger partial charge in [0.2, 0.25) is 10.0 Å². The smallest absolute Gasteiger partial charge is 0.338 e. The molecular weight excluding hydrogens is 384 g/mol. The van der Waals surface area contributed by atoms with Crippen LogP contribution < -0.4 is 14.8 Å². The highest BCUT2D eigenvalue weighted by molar-refractivity contribution is 7.89. The minimum atomic E-state index is -3.84. The van der Waals surface area contributed by atoms with E-state index in [1.807, 2.05) is 25.1 Å². The van der Waals surface area contributed by atoms with E-state index in [1.165, 1.54) is 26.3 Å². The zero-order chi connectivity index (χ0) is 20.7. The highest BCUT2D eigenvalue weighted by atomic mass is 32.2. The molecule has 0 unspecified atom stereocenters. The predicted octanol–water partition coefficient (Wildman–Crippen LogP) is 1.96. The number of carbonyl (C=O) groups is 2. The van der Waals surface area contributed by atoms with Crippen molar-refractivity contribution in [2.75, 3.05) is 26.1 Å². The molecule has 2 aromatic rings. The third kappa shape index (κ3) is 5.30. The first kappa shape index (κ1) is 21.4. The maximum atomic E-state index is 12.2. The Kier molecular flexibility index (Phi) is 7.13. The number of aryl methyl sites for hydroxylation is 1. The van der Waals surface area contributed by atoms with Crippen LogP contribution in [0.25, 0.3) is 0 Å². The number of esters is 1. The van der Waals surface area contributed by atoms with Gasteiger partial charge in [-0.25, -0.2) is 17.9 Å². The molecule has 2 rings (SSSR count). The second-order valence-electron chi connectivity index (χ2n) is 5.75. The molecule has 8 nitrogen and oxygen atoms in total. The highest BCUT2D eigenvalue weighted by Gasteiger charge is 2.21. The molecule has 0 saturated heterocycles. The van der Waals surface area contributed by atoms with Crippen LogP contribution in [0.2, 0.25) is 0 Å². The molecule has 0 fully saturated rings. The summed E-state index contributed by atoms with van der Waals surface area (Å²) in [6, 6.07) is 11.2. The minimum Gasteiger partial charge on any atom is -0.495 e. The topological polar surface area (TPSA) is 111 Å². The third-order valence-electron chi connectivity index (χ3n) is 3.91. The van der Waals surface area contributed by atoms with Gasteiger partial charge in [-0.3, -0.25) is 4.79 Å². The number of methoxy groups -OCH3 is 1. The second kappa shape index (κ2) is 9.34. The molecular formula is C19H22N2O6S. The van der Waals surface area contributed by atoms with Crippen LogP contribution in [0.3, 0.4) is 0 Å². The zero-order valence-corrected chi connectivity index (χ0v) is 16.6. The van der Waals surface area contributed by atoms with Gasteiger partial charge in [0.25, 0.3) is 5.91 Å². The molecule has 0 aromatic heterocycles. The third-order valence-corrected chi connectivity index (χ3v) is 5.35. The molecule has 0 spiro atoms. The monoisotopic (exact) mass is 406 g/mol. The van der Waals surface area contributed by atoms with Crippen LogP contribution in [-0.2, 0) is 26.0 Å². The van der Waals surface area contributed by atoms with E-state index in [0.29, 0.717) is 5.69 Å². The molecule has 0 heterocycles. The summed E-state index contributed by atoms with van der Waals surface area (Å²) in [5.41, 5.74) is 1.65. The highest BCUT2D eigenvalue weighted by Crippen LogP contribution is 2.25. The van der Waals surface area contributed by atoms with Crippen LogP contribution in [0.4, 0.5) is 5.69 Å². The van der Waals surface area contributed by atoms with Crippen LogP contribution in [0.1, 0.15) is 22.8 Å². The number of hydrogen-bond donors (Lipinski definition) is 2. The lowest BCUT2D eigenvalue weighted by Crippen LogP contribution is -2.22. The van der Waals surface area contributed by atoms with Crippen molar-refractivity contribution in [2.24, 2.45) is 0 Å². The largest absolute Gasteiger partial charge is 0.495 e. The van der Waals surface area contributed by atoms with Crippen molar-refractivity contribution < 1.29 is 27.5 Å². The van der Waals surface area contributed by atoms with E-state index in [4.69, 9.17) is 9.47 Å². The Morgan fingerprint density at radius 1 is 1.11 bits per heavy atom. The number of ether oxygens (including phenoxy) is 2. The Morgan fingerprint density at radius 2 is 1.86 bits per heavy atom. The first-order valence-electron chi connectivity index (χ1n) is 8.48. The van der Waals surface area contributed by atoms with E-state index in [-0.39, 0.29) is 16.2 Å². The van der Waals surface area contributed by atoms with Crippen LogP contribution >= 0.6 is 0 Å². The maximum Gasteiger partial charge on any atom is 0.338 e.